The third-order valence-corrected chi connectivity index (χ3v) is 5.38. The van der Waals surface area contributed by atoms with Crippen molar-refractivity contribution in [3.8, 4) is 11.5 Å². The van der Waals surface area contributed by atoms with Gasteiger partial charge >= 0.3 is 5.97 Å². The summed E-state index contributed by atoms with van der Waals surface area (Å²) in [6.07, 6.45) is 1.54. The number of nitrogens with one attached hydrogen (secondary N) is 1. The number of aromatic carboxylic acids is 1. The first-order valence-corrected chi connectivity index (χ1v) is 11.3. The Morgan fingerprint density at radius 3 is 2.61 bits per heavy atom. The average molecular weight is 520 g/mol. The Morgan fingerprint density at radius 2 is 1.94 bits per heavy atom. The molecule has 0 saturated carbocycles. The number of benzene rings is 2. The molecule has 2 aromatic rings. The van der Waals surface area contributed by atoms with Crippen LogP contribution in [-0.2, 0) is 16.1 Å². The van der Waals surface area contributed by atoms with Gasteiger partial charge in [0.1, 0.15) is 6.61 Å². The number of hydrogen-bond donors (Lipinski definition) is 2. The van der Waals surface area contributed by atoms with Gasteiger partial charge in [-0.05, 0) is 58.2 Å². The molecule has 1 amide bonds. The predicted octanol–water partition coefficient (Wildman–Crippen LogP) is 2.91. The molecule has 0 aromatic heterocycles. The van der Waals surface area contributed by atoms with Crippen LogP contribution in [-0.4, -0.2) is 67.6 Å². The molecule has 1 aliphatic rings. The van der Waals surface area contributed by atoms with Gasteiger partial charge in [0, 0.05) is 13.1 Å². The fourth-order valence-electron chi connectivity index (χ4n) is 3.14. The maximum atomic E-state index is 12.1. The molecule has 10 heteroatoms. The van der Waals surface area contributed by atoms with E-state index in [9.17, 15) is 9.59 Å². The van der Waals surface area contributed by atoms with E-state index in [0.717, 1.165) is 24.2 Å². The van der Waals surface area contributed by atoms with E-state index in [1.807, 2.05) is 17.9 Å². The summed E-state index contributed by atoms with van der Waals surface area (Å²) in [4.78, 5) is 25.1. The second-order valence-electron chi connectivity index (χ2n) is 7.24. The van der Waals surface area contributed by atoms with Gasteiger partial charge in [-0.3, -0.25) is 9.69 Å². The number of carboxylic acids is 1. The standard InChI is InChI=1S/C23H26BrN3O6/c1-2-32-20-12-17(13-25-26-21(28)14-27-7-9-31-10-8-27)11-19(24)22(20)33-15-16-3-5-18(6-4-16)23(29)30/h3-6,11-13H,2,7-10,14-15H2,1H3,(H,26,28)(H,29,30)/b25-13+. The summed E-state index contributed by atoms with van der Waals surface area (Å²) in [6.45, 7) is 5.54. The number of rotatable bonds is 10. The molecule has 0 bridgehead atoms. The maximum Gasteiger partial charge on any atom is 0.335 e. The summed E-state index contributed by atoms with van der Waals surface area (Å²) in [5.74, 6) is -0.118. The van der Waals surface area contributed by atoms with E-state index < -0.39 is 5.97 Å². The Kier molecular flexibility index (Phi) is 9.23. The zero-order chi connectivity index (χ0) is 23.6. The molecule has 2 N–H and O–H groups in total. The molecule has 0 aliphatic carbocycles. The van der Waals surface area contributed by atoms with E-state index in [1.54, 1.807) is 24.4 Å². The summed E-state index contributed by atoms with van der Waals surface area (Å²) >= 11 is 3.51. The molecule has 1 fully saturated rings. The van der Waals surface area contributed by atoms with Gasteiger partial charge in [-0.15, -0.1) is 0 Å². The van der Waals surface area contributed by atoms with Crippen molar-refractivity contribution in [2.45, 2.75) is 13.5 Å². The second kappa shape index (κ2) is 12.3. The van der Waals surface area contributed by atoms with E-state index in [1.165, 1.54) is 12.1 Å². The van der Waals surface area contributed by atoms with Gasteiger partial charge in [0.2, 0.25) is 0 Å². The maximum absolute atomic E-state index is 12.1. The van der Waals surface area contributed by atoms with Crippen LogP contribution in [0.25, 0.3) is 0 Å². The molecule has 1 saturated heterocycles. The molecule has 33 heavy (non-hydrogen) atoms. The van der Waals surface area contributed by atoms with Crippen molar-refractivity contribution in [1.29, 1.82) is 0 Å². The van der Waals surface area contributed by atoms with Crippen molar-refractivity contribution < 1.29 is 28.9 Å². The minimum absolute atomic E-state index is 0.189. The first kappa shape index (κ1) is 24.7. The number of morpholine rings is 1. The van der Waals surface area contributed by atoms with Crippen molar-refractivity contribution in [3.05, 3.63) is 57.6 Å². The van der Waals surface area contributed by atoms with Crippen LogP contribution in [0.3, 0.4) is 0 Å². The Hall–Kier alpha value is -2.95. The lowest BCUT2D eigenvalue weighted by Crippen LogP contribution is -2.42. The molecule has 9 nitrogen and oxygen atoms in total. The van der Waals surface area contributed by atoms with Crippen LogP contribution < -0.4 is 14.9 Å². The van der Waals surface area contributed by atoms with Crippen molar-refractivity contribution in [2.24, 2.45) is 5.10 Å². The summed E-state index contributed by atoms with van der Waals surface area (Å²) in [5.41, 5.74) is 4.30. The van der Waals surface area contributed by atoms with Gasteiger partial charge in [-0.1, -0.05) is 12.1 Å². The van der Waals surface area contributed by atoms with Crippen LogP contribution in [0.4, 0.5) is 0 Å². The topological polar surface area (TPSA) is 110 Å². The van der Waals surface area contributed by atoms with Gasteiger partial charge in [-0.25, -0.2) is 10.2 Å². The molecule has 0 radical (unpaired) electrons. The lowest BCUT2D eigenvalue weighted by atomic mass is 10.1. The van der Waals surface area contributed by atoms with Crippen LogP contribution in [0.1, 0.15) is 28.4 Å². The quantitative estimate of drug-likeness (QED) is 0.366. The number of hydrazone groups is 1. The predicted molar refractivity (Wildman–Crippen MR) is 126 cm³/mol. The third-order valence-electron chi connectivity index (χ3n) is 4.79. The second-order valence-corrected chi connectivity index (χ2v) is 8.09. The highest BCUT2D eigenvalue weighted by atomic mass is 79.9. The zero-order valence-corrected chi connectivity index (χ0v) is 19.8. The van der Waals surface area contributed by atoms with Crippen molar-refractivity contribution >= 4 is 34.0 Å². The molecule has 0 atom stereocenters. The first-order chi connectivity index (χ1) is 16.0. The summed E-state index contributed by atoms with van der Waals surface area (Å²) in [7, 11) is 0. The minimum Gasteiger partial charge on any atom is -0.490 e. The minimum atomic E-state index is -0.974. The van der Waals surface area contributed by atoms with Crippen molar-refractivity contribution in [1.82, 2.24) is 10.3 Å². The average Bonchev–Trinajstić information content (AvgIpc) is 2.79. The highest BCUT2D eigenvalue weighted by molar-refractivity contribution is 9.10. The molecule has 0 unspecified atom stereocenters. The molecule has 1 heterocycles. The van der Waals surface area contributed by atoms with Gasteiger partial charge in [0.05, 0.1) is 42.6 Å². The molecule has 3 rings (SSSR count). The molecular formula is C23H26BrN3O6. The summed E-state index contributed by atoms with van der Waals surface area (Å²) < 4.78 is 17.6. The Morgan fingerprint density at radius 1 is 1.21 bits per heavy atom. The highest BCUT2D eigenvalue weighted by Crippen LogP contribution is 2.37. The van der Waals surface area contributed by atoms with Crippen molar-refractivity contribution in [2.75, 3.05) is 39.5 Å². The number of hydrogen-bond acceptors (Lipinski definition) is 7. The Balaban J connectivity index is 1.62. The van der Waals surface area contributed by atoms with Crippen LogP contribution in [0.15, 0.2) is 46.0 Å². The Bertz CT molecular complexity index is 990. The zero-order valence-electron chi connectivity index (χ0n) is 18.3. The number of ether oxygens (including phenoxy) is 3. The van der Waals surface area contributed by atoms with Crippen molar-refractivity contribution in [3.63, 3.8) is 0 Å². The van der Waals surface area contributed by atoms with Gasteiger partial charge in [0.15, 0.2) is 11.5 Å². The monoisotopic (exact) mass is 519 g/mol. The summed E-state index contributed by atoms with van der Waals surface area (Å²) in [5, 5.41) is 13.1. The van der Waals surface area contributed by atoms with Gasteiger partial charge in [-0.2, -0.15) is 5.10 Å². The van der Waals surface area contributed by atoms with Crippen LogP contribution in [0.2, 0.25) is 0 Å². The van der Waals surface area contributed by atoms with E-state index >= 15 is 0 Å². The number of amides is 1. The molecular weight excluding hydrogens is 494 g/mol. The number of halogens is 1. The highest BCUT2D eigenvalue weighted by Gasteiger charge is 2.14. The van der Waals surface area contributed by atoms with E-state index in [-0.39, 0.29) is 24.6 Å². The molecule has 2 aromatic carbocycles. The largest absolute Gasteiger partial charge is 0.490 e. The number of nitrogens with zero attached hydrogens (tertiary/aromatic N) is 2. The lowest BCUT2D eigenvalue weighted by molar-refractivity contribution is -0.123. The van der Waals surface area contributed by atoms with E-state index in [2.05, 4.69) is 26.5 Å². The lowest BCUT2D eigenvalue weighted by Gasteiger charge is -2.25. The van der Waals surface area contributed by atoms with E-state index in [0.29, 0.717) is 35.8 Å². The number of carboxylic acid groups (broad SMARTS) is 1. The normalized spacial score (nSPS) is 14.2. The first-order valence-electron chi connectivity index (χ1n) is 10.5. The number of carbonyl (C=O) groups is 2. The fourth-order valence-corrected chi connectivity index (χ4v) is 3.72. The number of carbonyl (C=O) groups excluding carboxylic acids is 1. The smallest absolute Gasteiger partial charge is 0.335 e. The van der Waals surface area contributed by atoms with Crippen LogP contribution in [0, 0.1) is 0 Å². The molecule has 0 spiro atoms. The molecule has 176 valence electrons. The summed E-state index contributed by atoms with van der Waals surface area (Å²) in [6, 6.07) is 10.1. The third kappa shape index (κ3) is 7.55. The fraction of sp³-hybridized carbons (Fsp3) is 0.348. The SMILES string of the molecule is CCOc1cc(/C=N/NC(=O)CN2CCOCC2)cc(Br)c1OCc1ccc(C(=O)O)cc1. The Labute approximate surface area is 200 Å². The van der Waals surface area contributed by atoms with Gasteiger partial charge in [0.25, 0.3) is 5.91 Å². The molecule has 1 aliphatic heterocycles. The van der Waals surface area contributed by atoms with Crippen LogP contribution in [0.5, 0.6) is 11.5 Å². The van der Waals surface area contributed by atoms with E-state index in [4.69, 9.17) is 19.3 Å². The van der Waals surface area contributed by atoms with Crippen LogP contribution >= 0.6 is 15.9 Å². The van der Waals surface area contributed by atoms with Gasteiger partial charge < -0.3 is 19.3 Å².